The maximum atomic E-state index is 13.0. The average molecular weight is 378 g/mol. The van der Waals surface area contributed by atoms with Crippen LogP contribution in [0.15, 0.2) is 18.2 Å². The number of esters is 1. The predicted octanol–water partition coefficient (Wildman–Crippen LogP) is 2.17. The average Bonchev–Trinajstić information content (AvgIpc) is 2.80. The Labute approximate surface area is 144 Å². The molecule has 1 amide bonds. The van der Waals surface area contributed by atoms with Gasteiger partial charge in [0.15, 0.2) is 15.9 Å². The summed E-state index contributed by atoms with van der Waals surface area (Å²) in [4.78, 5) is 23.8. The van der Waals surface area contributed by atoms with E-state index in [1.54, 1.807) is 0 Å². The number of rotatable bonds is 5. The summed E-state index contributed by atoms with van der Waals surface area (Å²) < 4.78 is 40.7. The highest BCUT2D eigenvalue weighted by Gasteiger charge is 2.30. The fourth-order valence-corrected chi connectivity index (χ4v) is 4.47. The van der Waals surface area contributed by atoms with Gasteiger partial charge in [-0.05, 0) is 37.5 Å². The molecule has 0 aromatic heterocycles. The Bertz CT molecular complexity index is 752. The van der Waals surface area contributed by atoms with E-state index in [0.29, 0.717) is 6.42 Å². The van der Waals surface area contributed by atoms with E-state index in [-0.39, 0.29) is 34.6 Å². The van der Waals surface area contributed by atoms with Gasteiger partial charge in [-0.2, -0.15) is 0 Å². The number of hydrogen-bond acceptors (Lipinski definition) is 5. The monoisotopic (exact) mass is 377 g/mol. The smallest absolute Gasteiger partial charge is 0.306 e. The van der Waals surface area contributed by atoms with Gasteiger partial charge in [0.25, 0.3) is 5.91 Å². The number of ether oxygens (including phenoxy) is 1. The van der Waals surface area contributed by atoms with Gasteiger partial charge in [0.1, 0.15) is 5.82 Å². The molecule has 0 spiro atoms. The van der Waals surface area contributed by atoms with Crippen molar-refractivity contribution < 1.29 is 27.1 Å². The summed E-state index contributed by atoms with van der Waals surface area (Å²) >= 11 is 5.80. The molecule has 1 aromatic rings. The van der Waals surface area contributed by atoms with Crippen LogP contribution in [0.3, 0.4) is 0 Å². The Morgan fingerprint density at radius 2 is 2.17 bits per heavy atom. The number of carbonyl (C=O) groups excluding carboxylic acids is 2. The van der Waals surface area contributed by atoms with E-state index in [1.165, 1.54) is 13.0 Å². The standard InChI is InChI=1S/C15H17ClFNO5S/c1-9(15(20)18-13-3-2-11(17)7-12(13)16)23-14(19)6-10-4-5-24(21,22)8-10/h2-3,7,9-10H,4-6,8H2,1H3,(H,18,20)/t9-,10-/m0/s1. The lowest BCUT2D eigenvalue weighted by atomic mass is 10.1. The van der Waals surface area contributed by atoms with Crippen LogP contribution in [0, 0.1) is 11.7 Å². The Hall–Kier alpha value is -1.67. The van der Waals surface area contributed by atoms with Gasteiger partial charge in [-0.25, -0.2) is 12.8 Å². The fourth-order valence-electron chi connectivity index (χ4n) is 2.39. The maximum absolute atomic E-state index is 13.0. The highest BCUT2D eigenvalue weighted by molar-refractivity contribution is 7.91. The van der Waals surface area contributed by atoms with Crippen molar-refractivity contribution in [3.63, 3.8) is 0 Å². The van der Waals surface area contributed by atoms with E-state index in [2.05, 4.69) is 5.32 Å². The normalized spacial score (nSPS) is 20.4. The van der Waals surface area contributed by atoms with Crippen LogP contribution in [0.5, 0.6) is 0 Å². The second-order valence-electron chi connectivity index (χ2n) is 5.72. The minimum Gasteiger partial charge on any atom is -0.453 e. The van der Waals surface area contributed by atoms with Gasteiger partial charge in [0.05, 0.1) is 22.2 Å². The molecule has 1 N–H and O–H groups in total. The van der Waals surface area contributed by atoms with Crippen molar-refractivity contribution in [1.82, 2.24) is 0 Å². The molecule has 1 heterocycles. The quantitative estimate of drug-likeness (QED) is 0.794. The third-order valence-electron chi connectivity index (χ3n) is 3.65. The van der Waals surface area contributed by atoms with Crippen LogP contribution in [0.2, 0.25) is 5.02 Å². The summed E-state index contributed by atoms with van der Waals surface area (Å²) in [5.41, 5.74) is 0.202. The van der Waals surface area contributed by atoms with Gasteiger partial charge >= 0.3 is 5.97 Å². The highest BCUT2D eigenvalue weighted by atomic mass is 35.5. The molecule has 1 aliphatic rings. The minimum absolute atomic E-state index is 0.0260. The Morgan fingerprint density at radius 3 is 2.75 bits per heavy atom. The SMILES string of the molecule is C[C@H](OC(=O)C[C@@H]1CCS(=O)(=O)C1)C(=O)Nc1ccc(F)cc1Cl. The van der Waals surface area contributed by atoms with Crippen molar-refractivity contribution in [3.05, 3.63) is 29.0 Å². The van der Waals surface area contributed by atoms with Gasteiger partial charge in [-0.3, -0.25) is 9.59 Å². The van der Waals surface area contributed by atoms with E-state index < -0.39 is 33.6 Å². The van der Waals surface area contributed by atoms with E-state index in [1.807, 2.05) is 0 Å². The molecule has 1 saturated heterocycles. The molecule has 0 saturated carbocycles. The summed E-state index contributed by atoms with van der Waals surface area (Å²) in [7, 11) is -3.07. The molecule has 2 rings (SSSR count). The van der Waals surface area contributed by atoms with Crippen LogP contribution in [-0.4, -0.2) is 37.9 Å². The van der Waals surface area contributed by atoms with Crippen LogP contribution in [-0.2, 0) is 24.2 Å². The van der Waals surface area contributed by atoms with E-state index >= 15 is 0 Å². The Kier molecular flexibility index (Phi) is 5.82. The van der Waals surface area contributed by atoms with Crippen LogP contribution >= 0.6 is 11.6 Å². The molecular weight excluding hydrogens is 361 g/mol. The molecule has 1 aromatic carbocycles. The second-order valence-corrected chi connectivity index (χ2v) is 8.35. The first kappa shape index (κ1) is 18.7. The largest absolute Gasteiger partial charge is 0.453 e. The van der Waals surface area contributed by atoms with Gasteiger partial charge in [0, 0.05) is 6.42 Å². The topological polar surface area (TPSA) is 89.5 Å². The third-order valence-corrected chi connectivity index (χ3v) is 5.80. The third kappa shape index (κ3) is 5.17. The summed E-state index contributed by atoms with van der Waals surface area (Å²) in [6.07, 6.45) is -0.714. The molecule has 9 heteroatoms. The van der Waals surface area contributed by atoms with Crippen molar-refractivity contribution in [2.24, 2.45) is 5.92 Å². The second kappa shape index (κ2) is 7.48. The molecule has 1 fully saturated rings. The maximum Gasteiger partial charge on any atom is 0.306 e. The Morgan fingerprint density at radius 1 is 1.46 bits per heavy atom. The molecular formula is C15H17ClFNO5S. The molecule has 132 valence electrons. The molecule has 0 bridgehead atoms. The number of sulfone groups is 1. The summed E-state index contributed by atoms with van der Waals surface area (Å²) in [6, 6.07) is 3.49. The van der Waals surface area contributed by atoms with Crippen LogP contribution in [0.25, 0.3) is 0 Å². The number of hydrogen-bond donors (Lipinski definition) is 1. The van der Waals surface area contributed by atoms with Gasteiger partial charge in [0.2, 0.25) is 0 Å². The predicted molar refractivity (Wildman–Crippen MR) is 87.0 cm³/mol. The molecule has 6 nitrogen and oxygen atoms in total. The number of benzene rings is 1. The van der Waals surface area contributed by atoms with Crippen molar-refractivity contribution in [3.8, 4) is 0 Å². The number of halogens is 2. The lowest BCUT2D eigenvalue weighted by Gasteiger charge is -2.15. The van der Waals surface area contributed by atoms with E-state index in [4.69, 9.17) is 16.3 Å². The molecule has 24 heavy (non-hydrogen) atoms. The molecule has 2 atom stereocenters. The van der Waals surface area contributed by atoms with Gasteiger partial charge in [-0.1, -0.05) is 11.6 Å². The van der Waals surface area contributed by atoms with E-state index in [9.17, 15) is 22.4 Å². The first-order chi connectivity index (χ1) is 11.2. The van der Waals surface area contributed by atoms with Crippen molar-refractivity contribution in [1.29, 1.82) is 0 Å². The first-order valence-corrected chi connectivity index (χ1v) is 9.52. The summed E-state index contributed by atoms with van der Waals surface area (Å²) in [5.74, 6) is -2.02. The van der Waals surface area contributed by atoms with Crippen LogP contribution in [0.4, 0.5) is 10.1 Å². The number of amides is 1. The zero-order chi connectivity index (χ0) is 17.9. The minimum atomic E-state index is -3.07. The van der Waals surface area contributed by atoms with Crippen molar-refractivity contribution in [2.75, 3.05) is 16.8 Å². The number of anilines is 1. The Balaban J connectivity index is 1.86. The molecule has 0 aliphatic carbocycles. The van der Waals surface area contributed by atoms with Crippen molar-refractivity contribution in [2.45, 2.75) is 25.9 Å². The molecule has 1 aliphatic heterocycles. The summed E-state index contributed by atoms with van der Waals surface area (Å²) in [6.45, 7) is 1.38. The zero-order valence-corrected chi connectivity index (χ0v) is 14.5. The highest BCUT2D eigenvalue weighted by Crippen LogP contribution is 2.24. The first-order valence-electron chi connectivity index (χ1n) is 7.32. The number of nitrogens with one attached hydrogen (secondary N) is 1. The van der Waals surface area contributed by atoms with Crippen LogP contribution in [0.1, 0.15) is 19.8 Å². The van der Waals surface area contributed by atoms with Gasteiger partial charge < -0.3 is 10.1 Å². The molecule has 0 unspecified atom stereocenters. The molecule has 0 radical (unpaired) electrons. The number of carbonyl (C=O) groups is 2. The zero-order valence-electron chi connectivity index (χ0n) is 12.9. The lowest BCUT2D eigenvalue weighted by Crippen LogP contribution is -2.30. The lowest BCUT2D eigenvalue weighted by molar-refractivity contribution is -0.153. The van der Waals surface area contributed by atoms with E-state index in [0.717, 1.165) is 12.1 Å². The summed E-state index contributed by atoms with van der Waals surface area (Å²) in [5, 5.41) is 2.46. The van der Waals surface area contributed by atoms with Crippen molar-refractivity contribution >= 4 is 39.0 Å². The fraction of sp³-hybridized carbons (Fsp3) is 0.467. The van der Waals surface area contributed by atoms with Gasteiger partial charge in [-0.15, -0.1) is 0 Å². The van der Waals surface area contributed by atoms with Crippen LogP contribution < -0.4 is 5.32 Å².